The summed E-state index contributed by atoms with van der Waals surface area (Å²) in [6.07, 6.45) is 2.17. The van der Waals surface area contributed by atoms with E-state index in [1.165, 1.54) is 0 Å². The highest BCUT2D eigenvalue weighted by Crippen LogP contribution is 2.13. The van der Waals surface area contributed by atoms with Crippen LogP contribution < -0.4 is 11.1 Å². The van der Waals surface area contributed by atoms with E-state index in [0.717, 1.165) is 18.4 Å². The molecule has 0 saturated carbocycles. The summed E-state index contributed by atoms with van der Waals surface area (Å²) in [6.45, 7) is 6.85. The van der Waals surface area contributed by atoms with Gasteiger partial charge in [0.1, 0.15) is 0 Å². The zero-order chi connectivity index (χ0) is 13.5. The Hall–Kier alpha value is -1.35. The molecule has 0 heterocycles. The van der Waals surface area contributed by atoms with E-state index in [1.807, 2.05) is 24.3 Å². The Labute approximate surface area is 110 Å². The highest BCUT2D eigenvalue weighted by atomic mass is 16.1. The molecule has 1 unspecified atom stereocenters. The van der Waals surface area contributed by atoms with Crippen LogP contribution in [0.4, 0.5) is 0 Å². The van der Waals surface area contributed by atoms with Crippen molar-refractivity contribution in [1.82, 2.24) is 5.32 Å². The van der Waals surface area contributed by atoms with Gasteiger partial charge in [0.05, 0.1) is 0 Å². The molecule has 1 aromatic carbocycles. The molecule has 0 aliphatic rings. The lowest BCUT2D eigenvalue weighted by molar-refractivity contribution is 0.0925. The number of rotatable bonds is 6. The van der Waals surface area contributed by atoms with Crippen LogP contribution in [0.25, 0.3) is 0 Å². The summed E-state index contributed by atoms with van der Waals surface area (Å²) in [4.78, 5) is 12.1. The predicted molar refractivity (Wildman–Crippen MR) is 75.3 cm³/mol. The lowest BCUT2D eigenvalue weighted by atomic mass is 9.95. The number of nitrogens with one attached hydrogen (secondary N) is 1. The zero-order valence-electron chi connectivity index (χ0n) is 11.6. The smallest absolute Gasteiger partial charge is 0.251 e. The molecule has 0 spiro atoms. The van der Waals surface area contributed by atoms with Crippen LogP contribution in [0.2, 0.25) is 0 Å². The second-order valence-electron chi connectivity index (χ2n) is 4.74. The van der Waals surface area contributed by atoms with E-state index in [4.69, 9.17) is 5.73 Å². The fourth-order valence-corrected chi connectivity index (χ4v) is 2.24. The van der Waals surface area contributed by atoms with Crippen LogP contribution in [0.1, 0.15) is 49.5 Å². The van der Waals surface area contributed by atoms with Gasteiger partial charge in [0, 0.05) is 18.2 Å². The normalized spacial score (nSPS) is 12.5. The molecule has 0 aliphatic carbocycles. The van der Waals surface area contributed by atoms with Crippen molar-refractivity contribution in [2.45, 2.75) is 46.2 Å². The molecule has 3 nitrogen and oxygen atoms in total. The molecule has 1 atom stereocenters. The number of benzene rings is 1. The van der Waals surface area contributed by atoms with Gasteiger partial charge in [-0.15, -0.1) is 0 Å². The van der Waals surface area contributed by atoms with Crippen LogP contribution in [0.15, 0.2) is 24.3 Å². The maximum Gasteiger partial charge on any atom is 0.251 e. The van der Waals surface area contributed by atoms with Crippen molar-refractivity contribution in [3.63, 3.8) is 0 Å². The number of hydrogen-bond donors (Lipinski definition) is 2. The van der Waals surface area contributed by atoms with Crippen molar-refractivity contribution in [3.8, 4) is 0 Å². The van der Waals surface area contributed by atoms with E-state index in [1.54, 1.807) is 0 Å². The number of carbonyl (C=O) groups is 1. The minimum atomic E-state index is -0.00954. The lowest BCUT2D eigenvalue weighted by Crippen LogP contribution is -2.37. The molecule has 3 heteroatoms. The number of amides is 1. The van der Waals surface area contributed by atoms with Crippen LogP contribution in [-0.4, -0.2) is 11.9 Å². The summed E-state index contributed by atoms with van der Waals surface area (Å²) in [6, 6.07) is 7.69. The topological polar surface area (TPSA) is 55.1 Å². The molecule has 18 heavy (non-hydrogen) atoms. The Morgan fingerprint density at radius 1 is 1.33 bits per heavy atom. The Morgan fingerprint density at radius 2 is 2.00 bits per heavy atom. The van der Waals surface area contributed by atoms with E-state index >= 15 is 0 Å². The van der Waals surface area contributed by atoms with Crippen molar-refractivity contribution in [2.24, 2.45) is 11.7 Å². The molecule has 0 fully saturated rings. The van der Waals surface area contributed by atoms with Gasteiger partial charge in [-0.1, -0.05) is 38.8 Å². The van der Waals surface area contributed by atoms with Gasteiger partial charge in [-0.2, -0.15) is 0 Å². The van der Waals surface area contributed by atoms with E-state index in [-0.39, 0.29) is 11.9 Å². The van der Waals surface area contributed by atoms with E-state index in [0.29, 0.717) is 18.0 Å². The van der Waals surface area contributed by atoms with E-state index < -0.39 is 0 Å². The minimum absolute atomic E-state index is 0.00954. The van der Waals surface area contributed by atoms with Crippen molar-refractivity contribution >= 4 is 5.91 Å². The van der Waals surface area contributed by atoms with Gasteiger partial charge in [0.2, 0.25) is 0 Å². The first-order valence-corrected chi connectivity index (χ1v) is 6.72. The van der Waals surface area contributed by atoms with Crippen LogP contribution in [0.5, 0.6) is 0 Å². The van der Waals surface area contributed by atoms with Crippen LogP contribution in [0, 0.1) is 5.92 Å². The summed E-state index contributed by atoms with van der Waals surface area (Å²) in [7, 11) is 0. The monoisotopic (exact) mass is 248 g/mol. The standard InChI is InChI=1S/C15H24N2O/c1-4-13(5-2)11(3)17-15(18)14-8-6-7-12(9-14)10-16/h6-9,11,13H,4-5,10,16H2,1-3H3,(H,17,18). The Kier molecular flexibility index (Phi) is 5.86. The van der Waals surface area contributed by atoms with E-state index in [9.17, 15) is 4.79 Å². The second kappa shape index (κ2) is 7.17. The Morgan fingerprint density at radius 3 is 2.56 bits per heavy atom. The highest BCUT2D eigenvalue weighted by Gasteiger charge is 2.16. The third-order valence-electron chi connectivity index (χ3n) is 3.54. The second-order valence-corrected chi connectivity index (χ2v) is 4.74. The van der Waals surface area contributed by atoms with Crippen LogP contribution in [0.3, 0.4) is 0 Å². The molecule has 1 amide bonds. The van der Waals surface area contributed by atoms with Crippen molar-refractivity contribution in [3.05, 3.63) is 35.4 Å². The van der Waals surface area contributed by atoms with Gasteiger partial charge in [-0.25, -0.2) is 0 Å². The number of hydrogen-bond acceptors (Lipinski definition) is 2. The summed E-state index contributed by atoms with van der Waals surface area (Å²) in [5.74, 6) is 0.524. The fourth-order valence-electron chi connectivity index (χ4n) is 2.24. The van der Waals surface area contributed by atoms with Crippen molar-refractivity contribution in [1.29, 1.82) is 0 Å². The van der Waals surface area contributed by atoms with Gasteiger partial charge in [0.15, 0.2) is 0 Å². The van der Waals surface area contributed by atoms with Gasteiger partial charge >= 0.3 is 0 Å². The molecular formula is C15H24N2O. The molecule has 0 bridgehead atoms. The molecule has 0 radical (unpaired) electrons. The van der Waals surface area contributed by atoms with Crippen LogP contribution in [-0.2, 0) is 6.54 Å². The third-order valence-corrected chi connectivity index (χ3v) is 3.54. The third kappa shape index (κ3) is 3.84. The SMILES string of the molecule is CCC(CC)C(C)NC(=O)c1cccc(CN)c1. The van der Waals surface area contributed by atoms with Gasteiger partial charge < -0.3 is 11.1 Å². The van der Waals surface area contributed by atoms with E-state index in [2.05, 4.69) is 26.1 Å². The fraction of sp³-hybridized carbons (Fsp3) is 0.533. The Balaban J connectivity index is 2.69. The maximum atomic E-state index is 12.1. The molecule has 3 N–H and O–H groups in total. The molecule has 0 aromatic heterocycles. The first kappa shape index (κ1) is 14.7. The Bertz CT molecular complexity index is 386. The summed E-state index contributed by atoms with van der Waals surface area (Å²) < 4.78 is 0. The zero-order valence-corrected chi connectivity index (χ0v) is 11.6. The first-order valence-electron chi connectivity index (χ1n) is 6.72. The summed E-state index contributed by atoms with van der Waals surface area (Å²) in [5.41, 5.74) is 7.25. The number of carbonyl (C=O) groups excluding carboxylic acids is 1. The molecule has 1 rings (SSSR count). The largest absolute Gasteiger partial charge is 0.349 e. The quantitative estimate of drug-likeness (QED) is 0.813. The first-order chi connectivity index (χ1) is 8.62. The molecule has 0 saturated heterocycles. The van der Waals surface area contributed by atoms with Crippen LogP contribution >= 0.6 is 0 Å². The number of nitrogens with two attached hydrogens (primary N) is 1. The predicted octanol–water partition coefficient (Wildman–Crippen LogP) is 2.70. The van der Waals surface area contributed by atoms with Gasteiger partial charge in [-0.3, -0.25) is 4.79 Å². The molecule has 100 valence electrons. The minimum Gasteiger partial charge on any atom is -0.349 e. The molecule has 1 aromatic rings. The average Bonchev–Trinajstić information content (AvgIpc) is 2.40. The summed E-state index contributed by atoms with van der Waals surface area (Å²) >= 11 is 0. The van der Waals surface area contributed by atoms with Crippen molar-refractivity contribution in [2.75, 3.05) is 0 Å². The highest BCUT2D eigenvalue weighted by molar-refractivity contribution is 5.94. The summed E-state index contributed by atoms with van der Waals surface area (Å²) in [5, 5.41) is 3.07. The van der Waals surface area contributed by atoms with Gasteiger partial charge in [-0.05, 0) is 30.5 Å². The average molecular weight is 248 g/mol. The molecular weight excluding hydrogens is 224 g/mol. The van der Waals surface area contributed by atoms with Gasteiger partial charge in [0.25, 0.3) is 5.91 Å². The molecule has 0 aliphatic heterocycles. The lowest BCUT2D eigenvalue weighted by Gasteiger charge is -2.22. The van der Waals surface area contributed by atoms with Crippen molar-refractivity contribution < 1.29 is 4.79 Å². The maximum absolute atomic E-state index is 12.1.